The van der Waals surface area contributed by atoms with E-state index in [4.69, 9.17) is 0 Å². The first-order chi connectivity index (χ1) is 13.4. The Morgan fingerprint density at radius 3 is 2.21 bits per heavy atom. The molecule has 4 rings (SSSR count). The van der Waals surface area contributed by atoms with E-state index in [2.05, 4.69) is 5.32 Å². The minimum absolute atomic E-state index is 0.00569. The molecule has 0 aromatic carbocycles. The van der Waals surface area contributed by atoms with Crippen LogP contribution in [0.4, 0.5) is 0 Å². The minimum Gasteiger partial charge on any atom is -0.389 e. The summed E-state index contributed by atoms with van der Waals surface area (Å²) in [4.78, 5) is 40.3. The number of carbonyl (C=O) groups excluding carboxylic acids is 3. The molecule has 6 nitrogen and oxygen atoms in total. The maximum absolute atomic E-state index is 13.4. The largest absolute Gasteiger partial charge is 0.389 e. The fourth-order valence-electron chi connectivity index (χ4n) is 5.79. The molecule has 2 saturated carbocycles. The van der Waals surface area contributed by atoms with E-state index >= 15 is 0 Å². The topological polar surface area (TPSA) is 86.7 Å². The number of Topliss-reactive ketones (excluding diaryl/α,β-unsaturated/α-hetero) is 1. The highest BCUT2D eigenvalue weighted by molar-refractivity contribution is 6.00. The average molecular weight is 386 g/mol. The first-order valence-electron chi connectivity index (χ1n) is 10.6. The number of aliphatic hydroxyl groups excluding tert-OH is 1. The van der Waals surface area contributed by atoms with E-state index in [-0.39, 0.29) is 23.6 Å². The zero-order valence-electron chi connectivity index (χ0n) is 16.7. The highest BCUT2D eigenvalue weighted by Crippen LogP contribution is 2.42. The van der Waals surface area contributed by atoms with Gasteiger partial charge >= 0.3 is 0 Å². The van der Waals surface area contributed by atoms with Gasteiger partial charge in [0.1, 0.15) is 0 Å². The number of fused-ring (bicyclic) bond motifs is 2. The molecule has 2 amide bonds. The molecule has 0 spiro atoms. The zero-order valence-corrected chi connectivity index (χ0v) is 16.7. The lowest BCUT2D eigenvalue weighted by Crippen LogP contribution is -2.70. The lowest BCUT2D eigenvalue weighted by atomic mass is 9.64. The molecular weight excluding hydrogens is 356 g/mol. The number of nitrogens with zero attached hydrogens (tertiary/aromatic N) is 1. The zero-order chi connectivity index (χ0) is 20.0. The number of carbonyl (C=O) groups is 3. The summed E-state index contributed by atoms with van der Waals surface area (Å²) in [5.74, 6) is -1.41. The van der Waals surface area contributed by atoms with Gasteiger partial charge in [0.05, 0.1) is 30.0 Å². The van der Waals surface area contributed by atoms with Crippen molar-refractivity contribution in [3.8, 4) is 0 Å². The number of ketones is 1. The summed E-state index contributed by atoms with van der Waals surface area (Å²) < 4.78 is 0. The van der Waals surface area contributed by atoms with Crippen molar-refractivity contribution in [2.75, 3.05) is 0 Å². The molecule has 0 bridgehead atoms. The van der Waals surface area contributed by atoms with Crippen molar-refractivity contribution >= 4 is 17.6 Å². The lowest BCUT2D eigenvalue weighted by Gasteiger charge is -2.53. The van der Waals surface area contributed by atoms with E-state index in [1.54, 1.807) is 17.9 Å². The number of hydrogen-bond donors (Lipinski definition) is 2. The first-order valence-corrected chi connectivity index (χ1v) is 10.6. The number of amides is 2. The average Bonchev–Trinajstić information content (AvgIpc) is 2.59. The molecule has 2 N–H and O–H groups in total. The maximum Gasteiger partial charge on any atom is 0.247 e. The van der Waals surface area contributed by atoms with Gasteiger partial charge in [0, 0.05) is 18.2 Å². The molecule has 6 heteroatoms. The molecule has 5 unspecified atom stereocenters. The van der Waals surface area contributed by atoms with Crippen LogP contribution in [0.15, 0.2) is 23.3 Å². The van der Waals surface area contributed by atoms with Gasteiger partial charge in [-0.3, -0.25) is 14.4 Å². The Labute approximate surface area is 166 Å². The Balaban J connectivity index is 1.73. The van der Waals surface area contributed by atoms with Crippen molar-refractivity contribution in [2.24, 2.45) is 11.8 Å². The molecule has 0 aromatic rings. The van der Waals surface area contributed by atoms with E-state index in [0.29, 0.717) is 5.57 Å². The number of aliphatic hydroxyl groups is 1. The van der Waals surface area contributed by atoms with Crippen molar-refractivity contribution in [1.29, 1.82) is 0 Å². The molecule has 2 fully saturated rings. The molecule has 28 heavy (non-hydrogen) atoms. The lowest BCUT2D eigenvalue weighted by molar-refractivity contribution is -0.152. The summed E-state index contributed by atoms with van der Waals surface area (Å²) >= 11 is 0. The predicted molar refractivity (Wildman–Crippen MR) is 104 cm³/mol. The van der Waals surface area contributed by atoms with Gasteiger partial charge in [-0.05, 0) is 26.7 Å². The fraction of sp³-hybridized carbons (Fsp3) is 0.682. The van der Waals surface area contributed by atoms with E-state index in [9.17, 15) is 19.5 Å². The first kappa shape index (κ1) is 19.4. The van der Waals surface area contributed by atoms with Gasteiger partial charge in [0.25, 0.3) is 0 Å². The Kier molecular flexibility index (Phi) is 5.17. The number of hydrogen-bond acceptors (Lipinski definition) is 4. The highest BCUT2D eigenvalue weighted by atomic mass is 16.3. The number of rotatable bonds is 1. The molecule has 0 saturated heterocycles. The Bertz CT molecular complexity index is 748. The van der Waals surface area contributed by atoms with Crippen molar-refractivity contribution in [3.63, 3.8) is 0 Å². The van der Waals surface area contributed by atoms with E-state index in [0.717, 1.165) is 44.1 Å². The molecule has 152 valence electrons. The van der Waals surface area contributed by atoms with Crippen molar-refractivity contribution in [1.82, 2.24) is 10.2 Å². The third-order valence-corrected chi connectivity index (χ3v) is 7.08. The van der Waals surface area contributed by atoms with Crippen LogP contribution in [0.5, 0.6) is 0 Å². The van der Waals surface area contributed by atoms with Crippen LogP contribution in [0.3, 0.4) is 0 Å². The summed E-state index contributed by atoms with van der Waals surface area (Å²) in [5, 5.41) is 14.1. The van der Waals surface area contributed by atoms with Crippen LogP contribution in [0.1, 0.15) is 58.8 Å². The second kappa shape index (κ2) is 7.47. The third-order valence-electron chi connectivity index (χ3n) is 7.08. The fourth-order valence-corrected chi connectivity index (χ4v) is 5.79. The van der Waals surface area contributed by atoms with Gasteiger partial charge in [-0.15, -0.1) is 0 Å². The molecular formula is C22H30N2O4. The van der Waals surface area contributed by atoms with Gasteiger partial charge < -0.3 is 15.3 Å². The van der Waals surface area contributed by atoms with Gasteiger partial charge in [0.15, 0.2) is 5.78 Å². The summed E-state index contributed by atoms with van der Waals surface area (Å²) in [5.41, 5.74) is 1.42. The molecule has 2 aliphatic heterocycles. The van der Waals surface area contributed by atoms with Crippen molar-refractivity contribution in [3.05, 3.63) is 23.3 Å². The van der Waals surface area contributed by atoms with E-state index in [1.165, 1.54) is 12.5 Å². The van der Waals surface area contributed by atoms with Crippen LogP contribution < -0.4 is 5.32 Å². The SMILES string of the molecule is CC1=CC(=O)NC2C1C(=O)C1C(C)=CC(=O)N(C3CCCCCCC3)C1C2O. The maximum atomic E-state index is 13.4. The number of nitrogens with one attached hydrogen (secondary N) is 1. The van der Waals surface area contributed by atoms with Gasteiger partial charge in [-0.25, -0.2) is 0 Å². The summed E-state index contributed by atoms with van der Waals surface area (Å²) in [7, 11) is 0. The van der Waals surface area contributed by atoms with Crippen molar-refractivity contribution < 1.29 is 19.5 Å². The third kappa shape index (κ3) is 3.11. The molecule has 0 radical (unpaired) electrons. The quantitative estimate of drug-likeness (QED) is 0.720. The van der Waals surface area contributed by atoms with Crippen LogP contribution in [0, 0.1) is 11.8 Å². The molecule has 2 aliphatic carbocycles. The van der Waals surface area contributed by atoms with E-state index in [1.807, 2.05) is 6.92 Å². The summed E-state index contributed by atoms with van der Waals surface area (Å²) in [6.45, 7) is 3.59. The van der Waals surface area contributed by atoms with Crippen LogP contribution in [-0.4, -0.2) is 51.8 Å². The van der Waals surface area contributed by atoms with Crippen LogP contribution in [0.2, 0.25) is 0 Å². The van der Waals surface area contributed by atoms with Gasteiger partial charge in [0.2, 0.25) is 11.8 Å². The Morgan fingerprint density at radius 2 is 1.54 bits per heavy atom. The summed E-state index contributed by atoms with van der Waals surface area (Å²) in [6, 6.07) is -1.22. The highest BCUT2D eigenvalue weighted by Gasteiger charge is 2.56. The van der Waals surface area contributed by atoms with Gasteiger partial charge in [-0.1, -0.05) is 43.3 Å². The normalized spacial score (nSPS) is 37.2. The van der Waals surface area contributed by atoms with Crippen molar-refractivity contribution in [2.45, 2.75) is 83.0 Å². The standard InChI is InChI=1S/C22H30N2O4/c1-12-10-15(25)23-19-17(12)21(27)18-13(2)11-16(26)24(20(18)22(19)28)14-8-6-4-3-5-7-9-14/h10-11,14,17-20,22,28H,3-9H2,1-2H3,(H,23,25). The molecule has 0 aromatic heterocycles. The Hall–Kier alpha value is -1.95. The van der Waals surface area contributed by atoms with Crippen LogP contribution in [-0.2, 0) is 14.4 Å². The van der Waals surface area contributed by atoms with Gasteiger partial charge in [-0.2, -0.15) is 0 Å². The molecule has 2 heterocycles. The second-order valence-corrected chi connectivity index (χ2v) is 8.89. The second-order valence-electron chi connectivity index (χ2n) is 8.89. The predicted octanol–water partition coefficient (Wildman–Crippen LogP) is 1.88. The Morgan fingerprint density at radius 1 is 0.929 bits per heavy atom. The summed E-state index contributed by atoms with van der Waals surface area (Å²) in [6.07, 6.45) is 9.56. The van der Waals surface area contributed by atoms with Crippen LogP contribution in [0.25, 0.3) is 0 Å². The van der Waals surface area contributed by atoms with E-state index < -0.39 is 30.0 Å². The van der Waals surface area contributed by atoms with Crippen LogP contribution >= 0.6 is 0 Å². The molecule has 4 aliphatic rings. The molecule has 5 atom stereocenters. The smallest absolute Gasteiger partial charge is 0.247 e. The monoisotopic (exact) mass is 386 g/mol. The minimum atomic E-state index is -0.960.